The maximum Gasteiger partial charge on any atom is 0.325 e. The minimum atomic E-state index is -0.402. The van der Waals surface area contributed by atoms with Crippen LogP contribution in [0.2, 0.25) is 0 Å². The van der Waals surface area contributed by atoms with Gasteiger partial charge in [0.15, 0.2) is 0 Å². The molecule has 2 aliphatic rings. The second-order valence-electron chi connectivity index (χ2n) is 7.95. The van der Waals surface area contributed by atoms with Gasteiger partial charge in [-0.1, -0.05) is 38.1 Å². The van der Waals surface area contributed by atoms with E-state index < -0.39 is 5.82 Å². The van der Waals surface area contributed by atoms with Crippen molar-refractivity contribution in [1.82, 2.24) is 4.90 Å². The predicted molar refractivity (Wildman–Crippen MR) is 102 cm³/mol. The molecule has 3 nitrogen and oxygen atoms in total. The molecule has 1 aliphatic heterocycles. The molecule has 0 aromatic heterocycles. The van der Waals surface area contributed by atoms with Crippen LogP contribution < -0.4 is 4.90 Å². The highest BCUT2D eigenvalue weighted by atomic mass is 19.1. The summed E-state index contributed by atoms with van der Waals surface area (Å²) in [7, 11) is 0. The molecule has 4 rings (SSSR count). The van der Waals surface area contributed by atoms with Gasteiger partial charge in [-0.3, -0.25) is 4.90 Å². The summed E-state index contributed by atoms with van der Waals surface area (Å²) in [5.41, 5.74) is 1.19. The Hall–Kier alpha value is -2.43. The molecule has 27 heavy (non-hydrogen) atoms. The number of benzene rings is 2. The minimum absolute atomic E-state index is 0.00795. The Bertz CT molecular complexity index is 854. The van der Waals surface area contributed by atoms with Crippen LogP contribution >= 0.6 is 0 Å². The molecule has 1 aliphatic carbocycles. The zero-order valence-corrected chi connectivity index (χ0v) is 15.6. The molecule has 1 saturated heterocycles. The standard InChI is InChI=1S/C22H24F2N2O/c1-14(2)13-25-20-11-10-17(15-6-5-7-16(23)12-15)21(20)26(22(25)27)19-9-4-3-8-18(19)24/h3-9,12,14,17,20-21H,10-11,13H2,1-2H3/t17-,20-,21+/m0/s1. The quantitative estimate of drug-likeness (QED) is 0.728. The van der Waals surface area contributed by atoms with Gasteiger partial charge >= 0.3 is 6.03 Å². The SMILES string of the molecule is CC(C)CN1C(=O)N(c2ccccc2F)[C@@H]2[C@H](c3cccc(F)c3)CC[C@@H]21. The van der Waals surface area contributed by atoms with Gasteiger partial charge in [-0.15, -0.1) is 0 Å². The second kappa shape index (κ2) is 6.95. The van der Waals surface area contributed by atoms with E-state index in [9.17, 15) is 13.6 Å². The van der Waals surface area contributed by atoms with Gasteiger partial charge in [-0.2, -0.15) is 0 Å². The average Bonchev–Trinajstić information content (AvgIpc) is 3.15. The fourth-order valence-electron chi connectivity index (χ4n) is 4.68. The first kappa shape index (κ1) is 18.0. The molecule has 1 saturated carbocycles. The van der Waals surface area contributed by atoms with Crippen molar-refractivity contribution in [2.24, 2.45) is 5.92 Å². The molecule has 0 radical (unpaired) electrons. The Morgan fingerprint density at radius 2 is 1.85 bits per heavy atom. The van der Waals surface area contributed by atoms with Gasteiger partial charge in [0.2, 0.25) is 0 Å². The van der Waals surface area contributed by atoms with Crippen molar-refractivity contribution in [2.75, 3.05) is 11.4 Å². The van der Waals surface area contributed by atoms with E-state index in [0.29, 0.717) is 18.2 Å². The molecule has 2 aromatic carbocycles. The number of rotatable bonds is 4. The molecule has 142 valence electrons. The van der Waals surface area contributed by atoms with Gasteiger partial charge < -0.3 is 4.90 Å². The van der Waals surface area contributed by atoms with E-state index >= 15 is 0 Å². The van der Waals surface area contributed by atoms with Crippen LogP contribution in [0.25, 0.3) is 0 Å². The van der Waals surface area contributed by atoms with Gasteiger partial charge in [-0.25, -0.2) is 13.6 Å². The fourth-order valence-corrected chi connectivity index (χ4v) is 4.68. The van der Waals surface area contributed by atoms with E-state index in [4.69, 9.17) is 0 Å². The highest BCUT2D eigenvalue weighted by molar-refractivity contribution is 5.96. The van der Waals surface area contributed by atoms with Crippen molar-refractivity contribution in [3.05, 3.63) is 65.7 Å². The van der Waals surface area contributed by atoms with Gasteiger partial charge in [0.1, 0.15) is 11.6 Å². The Labute approximate surface area is 158 Å². The number of carbonyl (C=O) groups is 1. The number of urea groups is 1. The number of anilines is 1. The van der Waals surface area contributed by atoms with Crippen LogP contribution in [0.5, 0.6) is 0 Å². The first-order chi connectivity index (χ1) is 13.0. The van der Waals surface area contributed by atoms with E-state index in [1.807, 2.05) is 11.0 Å². The zero-order chi connectivity index (χ0) is 19.1. The van der Waals surface area contributed by atoms with Crippen molar-refractivity contribution in [1.29, 1.82) is 0 Å². The first-order valence-electron chi connectivity index (χ1n) is 9.57. The first-order valence-corrected chi connectivity index (χ1v) is 9.57. The topological polar surface area (TPSA) is 23.6 Å². The van der Waals surface area contributed by atoms with Gasteiger partial charge in [0, 0.05) is 12.5 Å². The van der Waals surface area contributed by atoms with E-state index in [1.54, 1.807) is 35.2 Å². The second-order valence-corrected chi connectivity index (χ2v) is 7.95. The van der Waals surface area contributed by atoms with Crippen LogP contribution in [0, 0.1) is 17.6 Å². The highest BCUT2D eigenvalue weighted by Crippen LogP contribution is 2.47. The molecule has 2 fully saturated rings. The molecule has 2 aromatic rings. The van der Waals surface area contributed by atoms with E-state index in [0.717, 1.165) is 18.4 Å². The van der Waals surface area contributed by atoms with Gasteiger partial charge in [0.25, 0.3) is 0 Å². The summed E-state index contributed by atoms with van der Waals surface area (Å²) in [5, 5.41) is 0. The fraction of sp³-hybridized carbons (Fsp3) is 0.409. The summed E-state index contributed by atoms with van der Waals surface area (Å²) < 4.78 is 28.4. The number of fused-ring (bicyclic) bond motifs is 1. The third-order valence-electron chi connectivity index (χ3n) is 5.68. The Kier molecular flexibility index (Phi) is 4.62. The van der Waals surface area contributed by atoms with Crippen LogP contribution in [0.3, 0.4) is 0 Å². The third-order valence-corrected chi connectivity index (χ3v) is 5.68. The maximum atomic E-state index is 14.6. The lowest BCUT2D eigenvalue weighted by Gasteiger charge is -2.28. The van der Waals surface area contributed by atoms with Crippen molar-refractivity contribution >= 4 is 11.7 Å². The maximum absolute atomic E-state index is 14.6. The smallest absolute Gasteiger partial charge is 0.319 e. The van der Waals surface area contributed by atoms with Crippen molar-refractivity contribution < 1.29 is 13.6 Å². The molecule has 3 atom stereocenters. The number of nitrogens with zero attached hydrogens (tertiary/aromatic N) is 2. The van der Waals surface area contributed by atoms with Crippen LogP contribution in [0.15, 0.2) is 48.5 Å². The summed E-state index contributed by atoms with van der Waals surface area (Å²) in [6.07, 6.45) is 1.70. The van der Waals surface area contributed by atoms with Gasteiger partial charge in [-0.05, 0) is 48.6 Å². The molecule has 0 bridgehead atoms. The summed E-state index contributed by atoms with van der Waals surface area (Å²) >= 11 is 0. The number of amides is 2. The minimum Gasteiger partial charge on any atom is -0.319 e. The monoisotopic (exact) mass is 370 g/mol. The number of hydrogen-bond donors (Lipinski definition) is 0. The molecule has 0 spiro atoms. The largest absolute Gasteiger partial charge is 0.325 e. The number of hydrogen-bond acceptors (Lipinski definition) is 1. The lowest BCUT2D eigenvalue weighted by molar-refractivity contribution is 0.195. The molecular formula is C22H24F2N2O. The third kappa shape index (κ3) is 3.09. The van der Waals surface area contributed by atoms with E-state index in [1.165, 1.54) is 12.1 Å². The average molecular weight is 370 g/mol. The van der Waals surface area contributed by atoms with Crippen LogP contribution in [0.1, 0.15) is 38.2 Å². The normalized spacial score (nSPS) is 24.8. The lowest BCUT2D eigenvalue weighted by Crippen LogP contribution is -2.38. The van der Waals surface area contributed by atoms with E-state index in [-0.39, 0.29) is 29.8 Å². The highest BCUT2D eigenvalue weighted by Gasteiger charge is 2.53. The van der Waals surface area contributed by atoms with E-state index in [2.05, 4.69) is 13.8 Å². The predicted octanol–water partition coefficient (Wildman–Crippen LogP) is 5.18. The zero-order valence-electron chi connectivity index (χ0n) is 15.6. The van der Waals surface area contributed by atoms with Crippen LogP contribution in [0.4, 0.5) is 19.3 Å². The summed E-state index contributed by atoms with van der Waals surface area (Å²) in [4.78, 5) is 16.8. The molecular weight excluding hydrogens is 346 g/mol. The van der Waals surface area contributed by atoms with Gasteiger partial charge in [0.05, 0.1) is 17.8 Å². The summed E-state index contributed by atoms with van der Waals surface area (Å²) in [6.45, 7) is 4.79. The van der Waals surface area contributed by atoms with Crippen LogP contribution in [-0.4, -0.2) is 29.6 Å². The summed E-state index contributed by atoms with van der Waals surface area (Å²) in [6, 6.07) is 12.7. The Morgan fingerprint density at radius 3 is 2.56 bits per heavy atom. The molecule has 0 N–H and O–H groups in total. The van der Waals surface area contributed by atoms with Crippen molar-refractivity contribution in [3.8, 4) is 0 Å². The van der Waals surface area contributed by atoms with Crippen molar-refractivity contribution in [2.45, 2.75) is 44.7 Å². The summed E-state index contributed by atoms with van der Waals surface area (Å²) in [5.74, 6) is -0.368. The van der Waals surface area contributed by atoms with Crippen molar-refractivity contribution in [3.63, 3.8) is 0 Å². The molecule has 0 unspecified atom stereocenters. The molecule has 1 heterocycles. The lowest BCUT2D eigenvalue weighted by atomic mass is 9.92. The molecule has 2 amide bonds. The molecule has 5 heteroatoms. The Morgan fingerprint density at radius 1 is 1.07 bits per heavy atom. The Balaban J connectivity index is 1.78. The van der Waals surface area contributed by atoms with Crippen LogP contribution in [-0.2, 0) is 0 Å². The number of carbonyl (C=O) groups excluding carboxylic acids is 1. The number of para-hydroxylation sites is 1. The number of halogens is 2.